The van der Waals surface area contributed by atoms with E-state index in [4.69, 9.17) is 5.73 Å². The highest BCUT2D eigenvalue weighted by Gasteiger charge is 2.10. The second-order valence-corrected chi connectivity index (χ2v) is 5.20. The molecule has 2 aromatic rings. The number of imidazole rings is 1. The molecule has 0 aliphatic heterocycles. The first-order valence-corrected chi connectivity index (χ1v) is 6.98. The number of nitrogens with zero attached hydrogens (tertiary/aromatic N) is 3. The fraction of sp³-hybridized carbons (Fsp3) is 0.333. The highest BCUT2D eigenvalue weighted by Crippen LogP contribution is 2.20. The van der Waals surface area contributed by atoms with Crippen molar-refractivity contribution in [3.8, 4) is 5.69 Å². The Labute approximate surface area is 128 Å². The summed E-state index contributed by atoms with van der Waals surface area (Å²) in [7, 11) is 3.88. The van der Waals surface area contributed by atoms with Gasteiger partial charge in [-0.05, 0) is 26.2 Å². The summed E-state index contributed by atoms with van der Waals surface area (Å²) in [4.78, 5) is 17.7. The first-order chi connectivity index (χ1) is 10.5. The average Bonchev–Trinajstić information content (AvgIpc) is 2.88. The first-order valence-electron chi connectivity index (χ1n) is 6.98. The van der Waals surface area contributed by atoms with E-state index in [0.29, 0.717) is 12.2 Å². The maximum atomic E-state index is 14.1. The zero-order valence-electron chi connectivity index (χ0n) is 12.7. The van der Waals surface area contributed by atoms with Crippen LogP contribution in [0.5, 0.6) is 0 Å². The fourth-order valence-corrected chi connectivity index (χ4v) is 2.07. The van der Waals surface area contributed by atoms with Crippen molar-refractivity contribution in [3.05, 3.63) is 42.2 Å². The molecule has 0 saturated heterocycles. The van der Waals surface area contributed by atoms with E-state index in [0.717, 1.165) is 5.82 Å². The van der Waals surface area contributed by atoms with E-state index in [-0.39, 0.29) is 24.6 Å². The molecular weight excluding hydrogens is 285 g/mol. The number of carbonyl (C=O) groups is 1. The summed E-state index contributed by atoms with van der Waals surface area (Å²) in [5.41, 5.74) is 6.10. The molecule has 118 valence electrons. The van der Waals surface area contributed by atoms with Crippen molar-refractivity contribution in [1.82, 2.24) is 14.5 Å². The second-order valence-electron chi connectivity index (χ2n) is 5.20. The number of nitrogens with two attached hydrogens (primary N) is 1. The van der Waals surface area contributed by atoms with Crippen molar-refractivity contribution in [2.45, 2.75) is 13.0 Å². The molecule has 0 aliphatic carbocycles. The third-order valence-corrected chi connectivity index (χ3v) is 3.05. The van der Waals surface area contributed by atoms with Crippen molar-refractivity contribution >= 4 is 11.6 Å². The lowest BCUT2D eigenvalue weighted by atomic mass is 10.2. The normalized spacial score (nSPS) is 11.0. The van der Waals surface area contributed by atoms with Crippen LogP contribution in [0.3, 0.4) is 0 Å². The smallest absolute Gasteiger partial charge is 0.225 e. The molecule has 0 unspecified atom stereocenters. The lowest BCUT2D eigenvalue weighted by Crippen LogP contribution is -2.17. The Balaban J connectivity index is 2.22. The van der Waals surface area contributed by atoms with E-state index in [1.54, 1.807) is 24.5 Å². The summed E-state index contributed by atoms with van der Waals surface area (Å²) < 4.78 is 16.0. The molecule has 0 radical (unpaired) electrons. The number of rotatable bonds is 6. The van der Waals surface area contributed by atoms with Gasteiger partial charge >= 0.3 is 0 Å². The third kappa shape index (κ3) is 3.90. The zero-order chi connectivity index (χ0) is 16.1. The molecule has 0 atom stereocenters. The molecule has 0 saturated carbocycles. The van der Waals surface area contributed by atoms with Crippen molar-refractivity contribution in [1.29, 1.82) is 0 Å². The minimum atomic E-state index is -0.493. The van der Waals surface area contributed by atoms with E-state index < -0.39 is 5.82 Å². The number of amides is 1. The summed E-state index contributed by atoms with van der Waals surface area (Å²) in [5, 5.41) is 2.50. The molecule has 0 fully saturated rings. The van der Waals surface area contributed by atoms with E-state index in [9.17, 15) is 9.18 Å². The maximum Gasteiger partial charge on any atom is 0.225 e. The number of anilines is 1. The molecule has 1 aromatic heterocycles. The Morgan fingerprint density at radius 3 is 2.86 bits per heavy atom. The minimum absolute atomic E-state index is 0.150. The molecule has 0 bridgehead atoms. The van der Waals surface area contributed by atoms with Gasteiger partial charge in [0.1, 0.15) is 11.6 Å². The van der Waals surface area contributed by atoms with Crippen molar-refractivity contribution in [2.75, 3.05) is 26.0 Å². The Kier molecular flexibility index (Phi) is 5.24. The molecule has 2 rings (SSSR count). The third-order valence-electron chi connectivity index (χ3n) is 3.05. The van der Waals surface area contributed by atoms with Crippen molar-refractivity contribution in [3.63, 3.8) is 0 Å². The van der Waals surface area contributed by atoms with Gasteiger partial charge in [0.15, 0.2) is 0 Å². The van der Waals surface area contributed by atoms with Gasteiger partial charge < -0.3 is 20.5 Å². The van der Waals surface area contributed by atoms with E-state index in [2.05, 4.69) is 10.3 Å². The van der Waals surface area contributed by atoms with Gasteiger partial charge in [-0.25, -0.2) is 9.37 Å². The Morgan fingerprint density at radius 2 is 2.23 bits per heavy atom. The highest BCUT2D eigenvalue weighted by atomic mass is 19.1. The van der Waals surface area contributed by atoms with Crippen LogP contribution in [0, 0.1) is 5.82 Å². The molecular formula is C15H20FN5O. The number of hydrogen-bond donors (Lipinski definition) is 2. The lowest BCUT2D eigenvalue weighted by molar-refractivity contribution is -0.116. The number of hydrogen-bond acceptors (Lipinski definition) is 4. The van der Waals surface area contributed by atoms with Gasteiger partial charge in [-0.15, -0.1) is 0 Å². The van der Waals surface area contributed by atoms with Gasteiger partial charge in [0.25, 0.3) is 0 Å². The topological polar surface area (TPSA) is 76.2 Å². The molecule has 0 spiro atoms. The minimum Gasteiger partial charge on any atom is -0.330 e. The van der Waals surface area contributed by atoms with Crippen LogP contribution in [0.25, 0.3) is 5.69 Å². The number of halogens is 1. The Morgan fingerprint density at radius 1 is 1.45 bits per heavy atom. The van der Waals surface area contributed by atoms with E-state index >= 15 is 0 Å². The van der Waals surface area contributed by atoms with Crippen LogP contribution < -0.4 is 11.1 Å². The van der Waals surface area contributed by atoms with Gasteiger partial charge in [-0.2, -0.15) is 0 Å². The van der Waals surface area contributed by atoms with Crippen molar-refractivity contribution < 1.29 is 9.18 Å². The molecule has 6 nitrogen and oxygen atoms in total. The lowest BCUT2D eigenvalue weighted by Gasteiger charge is -2.13. The SMILES string of the molecule is CN(C)Cc1nccn1-c1ccc(NC(=O)CCN)c(F)c1. The summed E-state index contributed by atoms with van der Waals surface area (Å²) in [6, 6.07) is 4.65. The van der Waals surface area contributed by atoms with Crippen LogP contribution in [0.2, 0.25) is 0 Å². The predicted octanol–water partition coefficient (Wildman–Crippen LogP) is 1.36. The van der Waals surface area contributed by atoms with Gasteiger partial charge in [0.05, 0.1) is 12.2 Å². The summed E-state index contributed by atoms with van der Waals surface area (Å²) >= 11 is 0. The van der Waals surface area contributed by atoms with Crippen LogP contribution in [-0.4, -0.2) is 41.0 Å². The molecule has 1 amide bonds. The molecule has 0 aliphatic rings. The molecule has 22 heavy (non-hydrogen) atoms. The standard InChI is InChI=1S/C15H20FN5O/c1-20(2)10-14-18-7-8-21(14)11-3-4-13(12(16)9-11)19-15(22)5-6-17/h3-4,7-9H,5-6,10,17H2,1-2H3,(H,19,22). The summed E-state index contributed by atoms with van der Waals surface area (Å²) in [6.07, 6.45) is 3.61. The van der Waals surface area contributed by atoms with Gasteiger partial charge in [0, 0.05) is 37.1 Å². The highest BCUT2D eigenvalue weighted by molar-refractivity contribution is 5.91. The molecule has 1 aromatic carbocycles. The van der Waals surface area contributed by atoms with E-state index in [1.807, 2.05) is 23.6 Å². The molecule has 3 N–H and O–H groups in total. The molecule has 7 heteroatoms. The van der Waals surface area contributed by atoms with Crippen LogP contribution in [0.4, 0.5) is 10.1 Å². The first kappa shape index (κ1) is 16.1. The largest absolute Gasteiger partial charge is 0.330 e. The molecule has 1 heterocycles. The van der Waals surface area contributed by atoms with Crippen LogP contribution in [-0.2, 0) is 11.3 Å². The monoisotopic (exact) mass is 305 g/mol. The Bertz CT molecular complexity index is 653. The number of benzene rings is 1. The zero-order valence-corrected chi connectivity index (χ0v) is 12.7. The number of aromatic nitrogens is 2. The van der Waals surface area contributed by atoms with Crippen LogP contribution in [0.15, 0.2) is 30.6 Å². The summed E-state index contributed by atoms with van der Waals surface area (Å²) in [6.45, 7) is 0.873. The van der Waals surface area contributed by atoms with Crippen LogP contribution >= 0.6 is 0 Å². The number of carbonyl (C=O) groups excluding carboxylic acids is 1. The fourth-order valence-electron chi connectivity index (χ4n) is 2.07. The summed E-state index contributed by atoms with van der Waals surface area (Å²) in [5.74, 6) is 0.0155. The number of nitrogens with one attached hydrogen (secondary N) is 1. The van der Waals surface area contributed by atoms with Gasteiger partial charge in [-0.3, -0.25) is 4.79 Å². The van der Waals surface area contributed by atoms with E-state index in [1.165, 1.54) is 6.07 Å². The van der Waals surface area contributed by atoms with Gasteiger partial charge in [0.2, 0.25) is 5.91 Å². The predicted molar refractivity (Wildman–Crippen MR) is 83.2 cm³/mol. The Hall–Kier alpha value is -2.25. The van der Waals surface area contributed by atoms with Crippen molar-refractivity contribution in [2.24, 2.45) is 5.73 Å². The second kappa shape index (κ2) is 7.15. The maximum absolute atomic E-state index is 14.1. The van der Waals surface area contributed by atoms with Gasteiger partial charge in [-0.1, -0.05) is 0 Å². The average molecular weight is 305 g/mol. The quantitative estimate of drug-likeness (QED) is 0.845. The van der Waals surface area contributed by atoms with Crippen LogP contribution in [0.1, 0.15) is 12.2 Å².